The molecule has 0 aliphatic heterocycles. The number of rotatable bonds is 4. The summed E-state index contributed by atoms with van der Waals surface area (Å²) in [6, 6.07) is 6.32. The van der Waals surface area contributed by atoms with Gasteiger partial charge in [-0.2, -0.15) is 0 Å². The first-order chi connectivity index (χ1) is 9.02. The number of hydrogen-bond donors (Lipinski definition) is 1. The number of halogens is 2. The summed E-state index contributed by atoms with van der Waals surface area (Å²) in [5, 5.41) is 8.90. The second-order valence-corrected chi connectivity index (χ2v) is 4.73. The molecule has 4 nitrogen and oxygen atoms in total. The molecule has 1 aromatic carbocycles. The van der Waals surface area contributed by atoms with E-state index >= 15 is 0 Å². The molecule has 100 valence electrons. The van der Waals surface area contributed by atoms with E-state index in [9.17, 15) is 9.18 Å². The van der Waals surface area contributed by atoms with E-state index in [0.29, 0.717) is 10.2 Å². The summed E-state index contributed by atoms with van der Waals surface area (Å²) in [5.41, 5.74) is 0.572. The first-order valence-electron chi connectivity index (χ1n) is 5.43. The van der Waals surface area contributed by atoms with Crippen molar-refractivity contribution in [1.29, 1.82) is 0 Å². The van der Waals surface area contributed by atoms with Crippen molar-refractivity contribution in [3.8, 4) is 5.75 Å². The van der Waals surface area contributed by atoms with Gasteiger partial charge in [0.1, 0.15) is 0 Å². The molecule has 0 fully saturated rings. The molecule has 2 aromatic rings. The smallest absolute Gasteiger partial charge is 0.337 e. The van der Waals surface area contributed by atoms with Gasteiger partial charge in [-0.15, -0.1) is 0 Å². The highest BCUT2D eigenvalue weighted by Gasteiger charge is 2.13. The SMILES string of the molecule is COc1cccc(Cn2cc(C(=O)O)cc2Br)c1F. The van der Waals surface area contributed by atoms with Crippen LogP contribution in [0.1, 0.15) is 15.9 Å². The average molecular weight is 328 g/mol. The monoisotopic (exact) mass is 327 g/mol. The Kier molecular flexibility index (Phi) is 3.90. The van der Waals surface area contributed by atoms with Crippen LogP contribution >= 0.6 is 15.9 Å². The van der Waals surface area contributed by atoms with Crippen LogP contribution in [-0.4, -0.2) is 22.8 Å². The minimum Gasteiger partial charge on any atom is -0.494 e. The largest absolute Gasteiger partial charge is 0.494 e. The number of methoxy groups -OCH3 is 1. The van der Waals surface area contributed by atoms with Gasteiger partial charge in [-0.25, -0.2) is 9.18 Å². The van der Waals surface area contributed by atoms with Crippen molar-refractivity contribution in [3.05, 3.63) is 52.0 Å². The van der Waals surface area contributed by atoms with E-state index in [1.165, 1.54) is 25.4 Å². The van der Waals surface area contributed by atoms with E-state index in [4.69, 9.17) is 9.84 Å². The third kappa shape index (κ3) is 2.78. The van der Waals surface area contributed by atoms with Gasteiger partial charge in [0, 0.05) is 11.8 Å². The predicted molar refractivity (Wildman–Crippen MR) is 71.1 cm³/mol. The van der Waals surface area contributed by atoms with Crippen LogP contribution in [0.3, 0.4) is 0 Å². The fourth-order valence-electron chi connectivity index (χ4n) is 1.74. The van der Waals surface area contributed by atoms with E-state index in [1.807, 2.05) is 0 Å². The Morgan fingerprint density at radius 2 is 2.26 bits per heavy atom. The van der Waals surface area contributed by atoms with Gasteiger partial charge < -0.3 is 14.4 Å². The molecular formula is C13H11BrFNO3. The zero-order valence-electron chi connectivity index (χ0n) is 10.1. The lowest BCUT2D eigenvalue weighted by atomic mass is 10.2. The molecule has 1 aromatic heterocycles. The number of carboxylic acid groups (broad SMARTS) is 1. The van der Waals surface area contributed by atoms with E-state index in [0.717, 1.165) is 0 Å². The molecule has 1 heterocycles. The molecule has 0 aliphatic rings. The zero-order valence-corrected chi connectivity index (χ0v) is 11.6. The second-order valence-electron chi connectivity index (χ2n) is 3.92. The fraction of sp³-hybridized carbons (Fsp3) is 0.154. The fourth-order valence-corrected chi connectivity index (χ4v) is 2.21. The van der Waals surface area contributed by atoms with Gasteiger partial charge >= 0.3 is 5.97 Å². The number of aromatic carboxylic acids is 1. The Hall–Kier alpha value is -1.82. The summed E-state index contributed by atoms with van der Waals surface area (Å²) in [7, 11) is 1.40. The number of carbonyl (C=O) groups is 1. The number of benzene rings is 1. The van der Waals surface area contributed by atoms with Crippen LogP contribution in [0.4, 0.5) is 4.39 Å². The molecule has 6 heteroatoms. The van der Waals surface area contributed by atoms with Gasteiger partial charge in [0.15, 0.2) is 11.6 Å². The highest BCUT2D eigenvalue weighted by Crippen LogP contribution is 2.23. The van der Waals surface area contributed by atoms with Crippen LogP contribution in [0.25, 0.3) is 0 Å². The molecule has 0 radical (unpaired) electrons. The molecule has 0 unspecified atom stereocenters. The number of hydrogen-bond acceptors (Lipinski definition) is 2. The van der Waals surface area contributed by atoms with Crippen LogP contribution < -0.4 is 4.74 Å². The molecule has 2 rings (SSSR count). The summed E-state index contributed by atoms with van der Waals surface area (Å²) < 4.78 is 21.1. The summed E-state index contributed by atoms with van der Waals surface area (Å²) in [6.45, 7) is 0.219. The van der Waals surface area contributed by atoms with Crippen molar-refractivity contribution in [2.75, 3.05) is 7.11 Å². The van der Waals surface area contributed by atoms with E-state index in [-0.39, 0.29) is 17.9 Å². The maximum atomic E-state index is 14.0. The average Bonchev–Trinajstić information content (AvgIpc) is 2.74. The molecule has 0 atom stereocenters. The van der Waals surface area contributed by atoms with Gasteiger partial charge in [-0.1, -0.05) is 12.1 Å². The Morgan fingerprint density at radius 1 is 1.53 bits per heavy atom. The van der Waals surface area contributed by atoms with Crippen molar-refractivity contribution in [3.63, 3.8) is 0 Å². The van der Waals surface area contributed by atoms with Gasteiger partial charge in [0.2, 0.25) is 0 Å². The minimum atomic E-state index is -1.02. The molecular weight excluding hydrogens is 317 g/mol. The molecule has 19 heavy (non-hydrogen) atoms. The van der Waals surface area contributed by atoms with Gasteiger partial charge in [0.05, 0.1) is 23.8 Å². The quantitative estimate of drug-likeness (QED) is 0.938. The number of carboxylic acids is 1. The van der Waals surface area contributed by atoms with Crippen LogP contribution in [0.15, 0.2) is 35.1 Å². The predicted octanol–water partition coefficient (Wildman–Crippen LogP) is 3.14. The van der Waals surface area contributed by atoms with Crippen molar-refractivity contribution >= 4 is 21.9 Å². The van der Waals surface area contributed by atoms with Crippen LogP contribution in [-0.2, 0) is 6.54 Å². The van der Waals surface area contributed by atoms with Gasteiger partial charge in [-0.3, -0.25) is 0 Å². The number of nitrogens with zero attached hydrogens (tertiary/aromatic N) is 1. The molecule has 0 saturated heterocycles. The summed E-state index contributed by atoms with van der Waals surface area (Å²) in [5.74, 6) is -1.30. The molecule has 0 aliphatic carbocycles. The van der Waals surface area contributed by atoms with Gasteiger partial charge in [0.25, 0.3) is 0 Å². The van der Waals surface area contributed by atoms with Crippen LogP contribution in [0, 0.1) is 5.82 Å². The van der Waals surface area contributed by atoms with E-state index in [1.54, 1.807) is 16.7 Å². The lowest BCUT2D eigenvalue weighted by Crippen LogP contribution is -2.02. The lowest BCUT2D eigenvalue weighted by molar-refractivity contribution is 0.0697. The topological polar surface area (TPSA) is 51.5 Å². The van der Waals surface area contributed by atoms with E-state index < -0.39 is 11.8 Å². The Balaban J connectivity index is 2.33. The first kappa shape index (κ1) is 13.6. The van der Waals surface area contributed by atoms with Crippen molar-refractivity contribution in [2.24, 2.45) is 0 Å². The molecule has 0 spiro atoms. The molecule has 0 saturated carbocycles. The van der Waals surface area contributed by atoms with Crippen molar-refractivity contribution < 1.29 is 19.0 Å². The standard InChI is InChI=1S/C13H11BrFNO3/c1-19-10-4-2-3-8(12(10)15)6-16-7-9(13(17)18)5-11(16)14/h2-5,7H,6H2,1H3,(H,17,18). The highest BCUT2D eigenvalue weighted by molar-refractivity contribution is 9.10. The lowest BCUT2D eigenvalue weighted by Gasteiger charge is -2.09. The Labute approximate surface area is 117 Å². The molecule has 1 N–H and O–H groups in total. The zero-order chi connectivity index (χ0) is 14.0. The number of aromatic nitrogens is 1. The number of ether oxygens (including phenoxy) is 1. The second kappa shape index (κ2) is 5.44. The Bertz CT molecular complexity index is 624. The summed E-state index contributed by atoms with van der Waals surface area (Å²) in [6.07, 6.45) is 1.45. The minimum absolute atomic E-state index is 0.148. The van der Waals surface area contributed by atoms with Crippen LogP contribution in [0.2, 0.25) is 0 Å². The third-order valence-electron chi connectivity index (χ3n) is 2.69. The molecule has 0 bridgehead atoms. The van der Waals surface area contributed by atoms with Crippen molar-refractivity contribution in [2.45, 2.75) is 6.54 Å². The Morgan fingerprint density at radius 3 is 2.84 bits per heavy atom. The summed E-state index contributed by atoms with van der Waals surface area (Å²) >= 11 is 3.25. The van der Waals surface area contributed by atoms with E-state index in [2.05, 4.69) is 15.9 Å². The van der Waals surface area contributed by atoms with Crippen molar-refractivity contribution in [1.82, 2.24) is 4.57 Å². The molecule has 0 amide bonds. The maximum absolute atomic E-state index is 14.0. The normalized spacial score (nSPS) is 10.5. The van der Waals surface area contributed by atoms with Crippen LogP contribution in [0.5, 0.6) is 5.75 Å². The third-order valence-corrected chi connectivity index (χ3v) is 3.38. The van der Waals surface area contributed by atoms with Gasteiger partial charge in [-0.05, 0) is 28.1 Å². The first-order valence-corrected chi connectivity index (χ1v) is 6.22. The maximum Gasteiger partial charge on any atom is 0.337 e. The highest BCUT2D eigenvalue weighted by atomic mass is 79.9. The summed E-state index contributed by atoms with van der Waals surface area (Å²) in [4.78, 5) is 10.9.